The lowest BCUT2D eigenvalue weighted by molar-refractivity contribution is -0.153. The van der Waals surface area contributed by atoms with Crippen LogP contribution in [0.4, 0.5) is 18.9 Å². The summed E-state index contributed by atoms with van der Waals surface area (Å²) in [5.41, 5.74) is 1.20. The van der Waals surface area contributed by atoms with Gasteiger partial charge in [0.25, 0.3) is 0 Å². The Morgan fingerprint density at radius 1 is 0.917 bits per heavy atom. The minimum Gasteiger partial charge on any atom is -0.484 e. The van der Waals surface area contributed by atoms with Crippen molar-refractivity contribution < 1.29 is 37.0 Å². The fraction of sp³-hybridized carbons (Fsp3) is 0.167. The fourth-order valence-corrected chi connectivity index (χ4v) is 3.41. The summed E-state index contributed by atoms with van der Waals surface area (Å²) in [6.07, 6.45) is 1.25. The molecule has 0 atom stereocenters. The molecule has 12 heteroatoms. The Morgan fingerprint density at radius 3 is 2.17 bits per heavy atom. The predicted molar refractivity (Wildman–Crippen MR) is 122 cm³/mol. The minimum absolute atomic E-state index is 0.125. The van der Waals surface area contributed by atoms with E-state index in [9.17, 15) is 22.8 Å². The molecule has 0 spiro atoms. The van der Waals surface area contributed by atoms with Crippen molar-refractivity contribution >= 4 is 28.7 Å². The Morgan fingerprint density at radius 2 is 1.56 bits per heavy atom. The van der Waals surface area contributed by atoms with E-state index >= 15 is 0 Å². The van der Waals surface area contributed by atoms with Crippen LogP contribution in [0.25, 0.3) is 16.7 Å². The van der Waals surface area contributed by atoms with Crippen molar-refractivity contribution in [3.8, 4) is 11.4 Å². The van der Waals surface area contributed by atoms with Gasteiger partial charge >= 0.3 is 18.1 Å². The van der Waals surface area contributed by atoms with Crippen LogP contribution in [-0.2, 0) is 19.1 Å². The maximum Gasteiger partial charge on any atom is 0.422 e. The monoisotopic (exact) mass is 500 g/mol. The van der Waals surface area contributed by atoms with Gasteiger partial charge in [0, 0.05) is 18.3 Å². The Bertz CT molecular complexity index is 1380. The van der Waals surface area contributed by atoms with E-state index in [2.05, 4.69) is 10.2 Å². The molecule has 1 aliphatic rings. The Balaban J connectivity index is 1.89. The summed E-state index contributed by atoms with van der Waals surface area (Å²) in [5, 5.41) is 8.73. The molecule has 0 fully saturated rings. The fourth-order valence-electron chi connectivity index (χ4n) is 3.41. The average molecular weight is 500 g/mol. The molecule has 1 aliphatic heterocycles. The number of ether oxygens (including phenoxy) is 3. The normalized spacial score (nSPS) is 13.6. The van der Waals surface area contributed by atoms with Gasteiger partial charge in [-0.15, -0.1) is 10.2 Å². The highest BCUT2D eigenvalue weighted by molar-refractivity contribution is 6.05. The average Bonchev–Trinajstić information content (AvgIpc) is 3.18. The SMILES string of the molecule is COC(=O)C1=C(C(=O)OC)N(c2cc(OCC(F)(F)F)cc(-n3nc4ccccc4n3)c2)C=CC=C1. The van der Waals surface area contributed by atoms with E-state index in [4.69, 9.17) is 14.2 Å². The van der Waals surface area contributed by atoms with Crippen LogP contribution in [0.5, 0.6) is 5.75 Å². The number of methoxy groups -OCH3 is 2. The standard InChI is InChI=1S/C24H19F3N4O5/c1-34-22(32)18-7-5-6-10-30(21(18)23(33)35-2)15-11-16(13-17(12-15)36-14-24(25,26)27)31-28-19-8-3-4-9-20(19)29-31/h3-13H,14H2,1-2H3. The lowest BCUT2D eigenvalue weighted by Crippen LogP contribution is -2.27. The van der Waals surface area contributed by atoms with Crippen molar-refractivity contribution in [3.63, 3.8) is 0 Å². The molecule has 2 aromatic carbocycles. The van der Waals surface area contributed by atoms with Gasteiger partial charge < -0.3 is 19.1 Å². The summed E-state index contributed by atoms with van der Waals surface area (Å²) < 4.78 is 53.4. The van der Waals surface area contributed by atoms with Crippen LogP contribution in [0.2, 0.25) is 0 Å². The minimum atomic E-state index is -4.59. The van der Waals surface area contributed by atoms with Crippen molar-refractivity contribution in [1.82, 2.24) is 15.0 Å². The maximum atomic E-state index is 12.9. The summed E-state index contributed by atoms with van der Waals surface area (Å²) in [4.78, 5) is 27.7. The summed E-state index contributed by atoms with van der Waals surface area (Å²) in [5.74, 6) is -1.86. The Kier molecular flexibility index (Phi) is 6.77. The molecule has 0 unspecified atom stereocenters. The van der Waals surface area contributed by atoms with E-state index in [1.807, 2.05) is 0 Å². The molecule has 4 rings (SSSR count). The van der Waals surface area contributed by atoms with Crippen molar-refractivity contribution in [2.24, 2.45) is 0 Å². The van der Waals surface area contributed by atoms with E-state index in [1.165, 1.54) is 52.3 Å². The molecular formula is C24H19F3N4O5. The van der Waals surface area contributed by atoms with Crippen LogP contribution >= 0.6 is 0 Å². The summed E-state index contributed by atoms with van der Waals surface area (Å²) >= 11 is 0. The smallest absolute Gasteiger partial charge is 0.422 e. The molecule has 0 bridgehead atoms. The quantitative estimate of drug-likeness (QED) is 0.471. The number of hydrogen-bond acceptors (Lipinski definition) is 8. The molecule has 0 amide bonds. The number of fused-ring (bicyclic) bond motifs is 1. The molecule has 3 aromatic rings. The first-order chi connectivity index (χ1) is 17.2. The number of anilines is 1. The zero-order valence-corrected chi connectivity index (χ0v) is 19.0. The molecule has 0 saturated carbocycles. The second-order valence-electron chi connectivity index (χ2n) is 7.38. The molecular weight excluding hydrogens is 481 g/mol. The zero-order valence-electron chi connectivity index (χ0n) is 19.0. The van der Waals surface area contributed by atoms with Gasteiger partial charge in [-0.25, -0.2) is 9.59 Å². The van der Waals surface area contributed by atoms with Gasteiger partial charge in [-0.2, -0.15) is 18.0 Å². The number of carbonyl (C=O) groups is 2. The van der Waals surface area contributed by atoms with E-state index < -0.39 is 24.7 Å². The second-order valence-corrected chi connectivity index (χ2v) is 7.38. The zero-order chi connectivity index (χ0) is 25.9. The third-order valence-electron chi connectivity index (χ3n) is 4.96. The van der Waals surface area contributed by atoms with Crippen molar-refractivity contribution in [2.45, 2.75) is 6.18 Å². The molecule has 186 valence electrons. The summed E-state index contributed by atoms with van der Waals surface area (Å²) in [7, 11) is 2.28. The van der Waals surface area contributed by atoms with Crippen molar-refractivity contribution in [3.05, 3.63) is 78.2 Å². The van der Waals surface area contributed by atoms with Crippen LogP contribution in [0.3, 0.4) is 0 Å². The molecule has 0 radical (unpaired) electrons. The van der Waals surface area contributed by atoms with Crippen LogP contribution in [0.15, 0.2) is 78.2 Å². The van der Waals surface area contributed by atoms with E-state index in [0.29, 0.717) is 11.0 Å². The molecule has 36 heavy (non-hydrogen) atoms. The lowest BCUT2D eigenvalue weighted by Gasteiger charge is -2.24. The molecule has 0 saturated heterocycles. The van der Waals surface area contributed by atoms with Crippen LogP contribution in [-0.4, -0.2) is 53.9 Å². The first kappa shape index (κ1) is 24.5. The van der Waals surface area contributed by atoms with Gasteiger partial charge in [0.05, 0.1) is 31.2 Å². The summed E-state index contributed by atoms with van der Waals surface area (Å²) in [6.45, 7) is -1.55. The molecule has 9 nitrogen and oxygen atoms in total. The van der Waals surface area contributed by atoms with Crippen LogP contribution in [0.1, 0.15) is 0 Å². The number of rotatable bonds is 6. The Labute approximate surface area is 202 Å². The van der Waals surface area contributed by atoms with Crippen LogP contribution < -0.4 is 9.64 Å². The van der Waals surface area contributed by atoms with Gasteiger partial charge in [-0.1, -0.05) is 18.2 Å². The number of alkyl halides is 3. The third kappa shape index (κ3) is 5.22. The highest BCUT2D eigenvalue weighted by Gasteiger charge is 2.30. The summed E-state index contributed by atoms with van der Waals surface area (Å²) in [6, 6.07) is 11.1. The van der Waals surface area contributed by atoms with Gasteiger partial charge in [0.15, 0.2) is 6.61 Å². The number of benzene rings is 2. The number of halogens is 3. The van der Waals surface area contributed by atoms with Crippen LogP contribution in [0, 0.1) is 0 Å². The van der Waals surface area contributed by atoms with E-state index in [1.54, 1.807) is 24.3 Å². The molecule has 2 heterocycles. The van der Waals surface area contributed by atoms with Gasteiger partial charge in [-0.3, -0.25) is 0 Å². The maximum absolute atomic E-state index is 12.9. The predicted octanol–water partition coefficient (Wildman–Crippen LogP) is 3.85. The van der Waals surface area contributed by atoms with Gasteiger partial charge in [0.1, 0.15) is 22.5 Å². The Hall–Kier alpha value is -4.61. The number of esters is 2. The number of carbonyl (C=O) groups excluding carboxylic acids is 2. The third-order valence-corrected chi connectivity index (χ3v) is 4.96. The second kappa shape index (κ2) is 9.94. The number of nitrogens with zero attached hydrogens (tertiary/aromatic N) is 4. The van der Waals surface area contributed by atoms with Crippen molar-refractivity contribution in [2.75, 3.05) is 25.7 Å². The largest absolute Gasteiger partial charge is 0.484 e. The van der Waals surface area contributed by atoms with Gasteiger partial charge in [-0.05, 0) is 30.4 Å². The highest BCUT2D eigenvalue weighted by atomic mass is 19.4. The van der Waals surface area contributed by atoms with Gasteiger partial charge in [0.2, 0.25) is 0 Å². The topological polar surface area (TPSA) is 95.8 Å². The highest BCUT2D eigenvalue weighted by Crippen LogP contribution is 2.32. The number of aromatic nitrogens is 3. The number of hydrogen-bond donors (Lipinski definition) is 0. The molecule has 1 aromatic heterocycles. The van der Waals surface area contributed by atoms with Crippen molar-refractivity contribution in [1.29, 1.82) is 0 Å². The lowest BCUT2D eigenvalue weighted by atomic mass is 10.1. The molecule has 0 aliphatic carbocycles. The van der Waals surface area contributed by atoms with E-state index in [-0.39, 0.29) is 28.4 Å². The first-order valence-electron chi connectivity index (χ1n) is 10.4. The van der Waals surface area contributed by atoms with E-state index in [0.717, 1.165) is 14.2 Å². The first-order valence-corrected chi connectivity index (χ1v) is 10.4. The number of allylic oxidation sites excluding steroid dienone is 2. The molecule has 0 N–H and O–H groups in total.